The Morgan fingerprint density at radius 3 is 3.00 bits per heavy atom. The van der Waals surface area contributed by atoms with Gasteiger partial charge >= 0.3 is 6.03 Å². The Morgan fingerprint density at radius 1 is 1.39 bits per heavy atom. The van der Waals surface area contributed by atoms with Crippen LogP contribution in [0.15, 0.2) is 24.4 Å². The molecule has 0 spiro atoms. The largest absolute Gasteiger partial charge is 0.335 e. The second-order valence-corrected chi connectivity index (χ2v) is 7.39. The predicted molar refractivity (Wildman–Crippen MR) is 92.6 cm³/mol. The molecule has 3 rings (SSSR count). The number of carbonyl (C=O) groups excluding carboxylic acids is 1. The highest BCUT2D eigenvalue weighted by molar-refractivity contribution is 7.99. The molecule has 2 aromatic heterocycles. The highest BCUT2D eigenvalue weighted by atomic mass is 32.2. The van der Waals surface area contributed by atoms with Crippen LogP contribution in [0, 0.1) is 5.92 Å². The molecule has 1 aliphatic rings. The van der Waals surface area contributed by atoms with E-state index in [0.717, 1.165) is 30.1 Å². The molecule has 1 aliphatic heterocycles. The van der Waals surface area contributed by atoms with Crippen LogP contribution in [0.4, 0.5) is 4.79 Å². The van der Waals surface area contributed by atoms with Gasteiger partial charge in [-0.3, -0.25) is 4.40 Å². The van der Waals surface area contributed by atoms with Crippen LogP contribution < -0.4 is 10.6 Å². The number of aromatic nitrogens is 3. The van der Waals surface area contributed by atoms with E-state index in [4.69, 9.17) is 0 Å². The van der Waals surface area contributed by atoms with Crippen molar-refractivity contribution in [1.82, 2.24) is 25.2 Å². The smallest absolute Gasteiger partial charge is 0.315 e. The van der Waals surface area contributed by atoms with E-state index < -0.39 is 0 Å². The first-order valence-corrected chi connectivity index (χ1v) is 9.25. The Labute approximate surface area is 140 Å². The minimum Gasteiger partial charge on any atom is -0.335 e. The minimum atomic E-state index is -0.177. The van der Waals surface area contributed by atoms with Crippen LogP contribution >= 0.6 is 11.8 Å². The Kier molecular flexibility index (Phi) is 5.05. The lowest BCUT2D eigenvalue weighted by Crippen LogP contribution is -2.46. The maximum absolute atomic E-state index is 12.4. The summed E-state index contributed by atoms with van der Waals surface area (Å²) in [6, 6.07) is 5.74. The Bertz CT molecular complexity index is 665. The van der Waals surface area contributed by atoms with Crippen LogP contribution in [0.25, 0.3) is 5.65 Å². The summed E-state index contributed by atoms with van der Waals surface area (Å²) in [6.07, 6.45) is 4.15. The quantitative estimate of drug-likeness (QED) is 0.902. The molecule has 3 heterocycles. The number of pyridine rings is 1. The molecule has 0 bridgehead atoms. The summed E-state index contributed by atoms with van der Waals surface area (Å²) in [7, 11) is 0. The normalized spacial score (nSPS) is 19.7. The van der Waals surface area contributed by atoms with Crippen LogP contribution in [0.1, 0.15) is 38.6 Å². The first-order chi connectivity index (χ1) is 11.1. The van der Waals surface area contributed by atoms with Crippen molar-refractivity contribution in [3.05, 3.63) is 30.2 Å². The van der Waals surface area contributed by atoms with Gasteiger partial charge in [0.25, 0.3) is 0 Å². The number of nitrogens with zero attached hydrogens (tertiary/aromatic N) is 3. The molecule has 7 heteroatoms. The molecule has 2 N–H and O–H groups in total. The minimum absolute atomic E-state index is 0.121. The van der Waals surface area contributed by atoms with Crippen LogP contribution in [0.3, 0.4) is 0 Å². The van der Waals surface area contributed by atoms with Crippen molar-refractivity contribution >= 4 is 23.4 Å². The van der Waals surface area contributed by atoms with E-state index in [9.17, 15) is 4.79 Å². The molecule has 23 heavy (non-hydrogen) atoms. The number of amides is 2. The summed E-state index contributed by atoms with van der Waals surface area (Å²) in [5.41, 5.74) is 0.791. The van der Waals surface area contributed by atoms with Gasteiger partial charge in [-0.2, -0.15) is 11.8 Å². The van der Waals surface area contributed by atoms with Crippen molar-refractivity contribution < 1.29 is 4.79 Å². The molecule has 0 aliphatic carbocycles. The molecule has 0 saturated carbocycles. The number of hydrogen-bond acceptors (Lipinski definition) is 4. The molecule has 6 nitrogen and oxygen atoms in total. The predicted octanol–water partition coefficient (Wildman–Crippen LogP) is 2.62. The molecule has 2 atom stereocenters. The van der Waals surface area contributed by atoms with Gasteiger partial charge in [0, 0.05) is 18.0 Å². The van der Waals surface area contributed by atoms with Gasteiger partial charge in [0.1, 0.15) is 0 Å². The van der Waals surface area contributed by atoms with E-state index in [1.807, 2.05) is 40.6 Å². The van der Waals surface area contributed by atoms with Crippen LogP contribution in [0.2, 0.25) is 0 Å². The second-order valence-electron chi connectivity index (χ2n) is 6.24. The fourth-order valence-electron chi connectivity index (χ4n) is 2.82. The molecule has 0 radical (unpaired) electrons. The second kappa shape index (κ2) is 7.21. The van der Waals surface area contributed by atoms with E-state index in [1.54, 1.807) is 0 Å². The highest BCUT2D eigenvalue weighted by Crippen LogP contribution is 2.21. The van der Waals surface area contributed by atoms with E-state index >= 15 is 0 Å². The number of carbonyl (C=O) groups is 1. The van der Waals surface area contributed by atoms with E-state index in [2.05, 4.69) is 34.7 Å². The highest BCUT2D eigenvalue weighted by Gasteiger charge is 2.25. The topological polar surface area (TPSA) is 71.3 Å². The van der Waals surface area contributed by atoms with Gasteiger partial charge in [0.15, 0.2) is 11.5 Å². The van der Waals surface area contributed by atoms with Crippen LogP contribution in [-0.2, 0) is 0 Å². The fraction of sp³-hybridized carbons (Fsp3) is 0.562. The maximum atomic E-state index is 12.4. The van der Waals surface area contributed by atoms with Gasteiger partial charge in [-0.05, 0) is 36.6 Å². The Morgan fingerprint density at radius 2 is 2.26 bits per heavy atom. The third-order valence-corrected chi connectivity index (χ3v) is 5.28. The Hall–Kier alpha value is -1.76. The van der Waals surface area contributed by atoms with E-state index in [0.29, 0.717) is 0 Å². The van der Waals surface area contributed by atoms with E-state index in [-0.39, 0.29) is 24.0 Å². The lowest BCUT2D eigenvalue weighted by molar-refractivity contribution is 0.228. The van der Waals surface area contributed by atoms with Crippen molar-refractivity contribution in [2.75, 3.05) is 11.5 Å². The zero-order valence-corrected chi connectivity index (χ0v) is 14.3. The molecule has 1 saturated heterocycles. The van der Waals surface area contributed by atoms with Crippen molar-refractivity contribution in [3.63, 3.8) is 0 Å². The van der Waals surface area contributed by atoms with Crippen molar-refractivity contribution in [1.29, 1.82) is 0 Å². The van der Waals surface area contributed by atoms with Gasteiger partial charge < -0.3 is 10.6 Å². The SMILES string of the molecule is CC(C)C(NC(=O)NC1CCCSC1)c1nnc2ccccn12. The molecule has 2 aromatic rings. The molecule has 0 aromatic carbocycles. The summed E-state index contributed by atoms with van der Waals surface area (Å²) in [4.78, 5) is 12.4. The summed E-state index contributed by atoms with van der Waals surface area (Å²) in [6.45, 7) is 4.15. The monoisotopic (exact) mass is 333 g/mol. The van der Waals surface area contributed by atoms with E-state index in [1.165, 1.54) is 5.75 Å². The van der Waals surface area contributed by atoms with Gasteiger partial charge in [0.05, 0.1) is 6.04 Å². The average Bonchev–Trinajstić information content (AvgIpc) is 2.97. The summed E-state index contributed by atoms with van der Waals surface area (Å²) in [5, 5.41) is 14.6. The summed E-state index contributed by atoms with van der Waals surface area (Å²) >= 11 is 1.90. The van der Waals surface area contributed by atoms with Gasteiger partial charge in [-0.15, -0.1) is 10.2 Å². The molecule has 1 fully saturated rings. The van der Waals surface area contributed by atoms with Crippen molar-refractivity contribution in [2.45, 2.75) is 38.8 Å². The zero-order chi connectivity index (χ0) is 16.2. The lowest BCUT2D eigenvalue weighted by atomic mass is 10.0. The van der Waals surface area contributed by atoms with Crippen molar-refractivity contribution in [2.24, 2.45) is 5.92 Å². The lowest BCUT2D eigenvalue weighted by Gasteiger charge is -2.25. The van der Waals surface area contributed by atoms with Crippen LogP contribution in [0.5, 0.6) is 0 Å². The standard InChI is InChI=1S/C16H23N5OS/c1-11(2)14(15-20-19-13-7-3-4-8-21(13)15)18-16(22)17-12-6-5-9-23-10-12/h3-4,7-8,11-12,14H,5-6,9-10H2,1-2H3,(H2,17,18,22). The molecule has 2 amide bonds. The van der Waals surface area contributed by atoms with Gasteiger partial charge in [-0.1, -0.05) is 19.9 Å². The van der Waals surface area contributed by atoms with Crippen molar-refractivity contribution in [3.8, 4) is 0 Å². The maximum Gasteiger partial charge on any atom is 0.315 e. The van der Waals surface area contributed by atoms with Gasteiger partial charge in [0.2, 0.25) is 0 Å². The first kappa shape index (κ1) is 16.1. The average molecular weight is 333 g/mol. The zero-order valence-electron chi connectivity index (χ0n) is 13.5. The third kappa shape index (κ3) is 3.77. The Balaban J connectivity index is 1.72. The van der Waals surface area contributed by atoms with Crippen LogP contribution in [-0.4, -0.2) is 38.2 Å². The fourth-order valence-corrected chi connectivity index (χ4v) is 3.90. The molecule has 2 unspecified atom stereocenters. The number of fused-ring (bicyclic) bond motifs is 1. The number of hydrogen-bond donors (Lipinski definition) is 2. The first-order valence-electron chi connectivity index (χ1n) is 8.09. The number of thioether (sulfide) groups is 1. The summed E-state index contributed by atoms with van der Waals surface area (Å²) in [5.74, 6) is 3.17. The van der Waals surface area contributed by atoms with Gasteiger partial charge in [-0.25, -0.2) is 4.79 Å². The third-order valence-electron chi connectivity index (χ3n) is 4.07. The number of rotatable bonds is 4. The molecular formula is C16H23N5OS. The summed E-state index contributed by atoms with van der Waals surface area (Å²) < 4.78 is 1.93. The number of nitrogens with one attached hydrogen (secondary N) is 2. The number of urea groups is 1. The molecule has 124 valence electrons. The molecular weight excluding hydrogens is 310 g/mol.